The van der Waals surface area contributed by atoms with E-state index in [4.69, 9.17) is 15.0 Å². The molecule has 0 saturated carbocycles. The average molecular weight is 597 g/mol. The normalized spacial score (nSPS) is 19.7. The van der Waals surface area contributed by atoms with Crippen molar-refractivity contribution < 1.29 is 0 Å². The summed E-state index contributed by atoms with van der Waals surface area (Å²) in [5.41, 5.74) is 7.88. The summed E-state index contributed by atoms with van der Waals surface area (Å²) in [6, 6.07) is 43.3. The van der Waals surface area contributed by atoms with E-state index in [9.17, 15) is 0 Å². The van der Waals surface area contributed by atoms with Gasteiger partial charge < -0.3 is 5.32 Å². The summed E-state index contributed by atoms with van der Waals surface area (Å²) < 4.78 is 0. The van der Waals surface area contributed by atoms with E-state index in [1.165, 1.54) is 38.2 Å². The van der Waals surface area contributed by atoms with Gasteiger partial charge in [-0.1, -0.05) is 121 Å². The van der Waals surface area contributed by atoms with Crippen molar-refractivity contribution in [2.75, 3.05) is 0 Å². The fraction of sp³-hybridized carbons (Fsp3) is 0.167. The van der Waals surface area contributed by atoms with Crippen molar-refractivity contribution in [3.05, 3.63) is 167 Å². The number of aryl methyl sites for hydroxylation is 2. The molecule has 1 aliphatic heterocycles. The Morgan fingerprint density at radius 2 is 1.30 bits per heavy atom. The van der Waals surface area contributed by atoms with Gasteiger partial charge in [-0.25, -0.2) is 15.0 Å². The maximum atomic E-state index is 5.34. The van der Waals surface area contributed by atoms with Crippen molar-refractivity contribution in [2.45, 2.75) is 38.6 Å². The first-order valence-electron chi connectivity index (χ1n) is 16.2. The van der Waals surface area contributed by atoms with Gasteiger partial charge in [-0.3, -0.25) is 0 Å². The molecule has 1 N–H and O–H groups in total. The smallest absolute Gasteiger partial charge is 0.155 e. The van der Waals surface area contributed by atoms with E-state index < -0.39 is 0 Å². The molecule has 0 amide bonds. The number of amidine groups is 1. The zero-order chi connectivity index (χ0) is 31.0. The average Bonchev–Trinajstić information content (AvgIpc) is 3.11. The second-order valence-electron chi connectivity index (χ2n) is 12.6. The van der Waals surface area contributed by atoms with Gasteiger partial charge in [0.1, 0.15) is 5.84 Å². The third kappa shape index (κ3) is 5.41. The second-order valence-corrected chi connectivity index (χ2v) is 12.6. The molecule has 46 heavy (non-hydrogen) atoms. The molecule has 0 spiro atoms. The molecule has 3 unspecified atom stereocenters. The highest BCUT2D eigenvalue weighted by Crippen LogP contribution is 2.44. The number of benzene rings is 5. The molecule has 8 rings (SSSR count). The molecule has 4 nitrogen and oxygen atoms in total. The van der Waals surface area contributed by atoms with Crippen molar-refractivity contribution in [2.24, 2.45) is 10.9 Å². The number of hydrogen-bond donors (Lipinski definition) is 1. The molecule has 3 atom stereocenters. The first kappa shape index (κ1) is 28.1. The number of allylic oxidation sites excluding steroid dienone is 1. The first-order chi connectivity index (χ1) is 22.6. The summed E-state index contributed by atoms with van der Waals surface area (Å²) in [6.07, 6.45) is 6.45. The first-order valence-corrected chi connectivity index (χ1v) is 16.2. The summed E-state index contributed by atoms with van der Waals surface area (Å²) in [5.74, 6) is 2.13. The van der Waals surface area contributed by atoms with Crippen LogP contribution in [0.3, 0.4) is 0 Å². The van der Waals surface area contributed by atoms with Crippen molar-refractivity contribution in [1.82, 2.24) is 15.3 Å². The van der Waals surface area contributed by atoms with Crippen LogP contribution in [0.4, 0.5) is 0 Å². The SMILES string of the molecule is Cc1cc(C)nc(C2=CC(C3=NC(c4ccccc4)=CC(c4ccccc4)N3)CC(c3cc4ccccc4c4ccccc34)C2)n1. The number of nitrogens with zero attached hydrogens (tertiary/aromatic N) is 3. The van der Waals surface area contributed by atoms with Crippen molar-refractivity contribution >= 4 is 38.7 Å². The molecule has 1 aromatic heterocycles. The topological polar surface area (TPSA) is 50.2 Å². The third-order valence-electron chi connectivity index (χ3n) is 9.36. The van der Waals surface area contributed by atoms with Crippen molar-refractivity contribution in [3.8, 4) is 0 Å². The Labute approximate surface area is 270 Å². The number of aliphatic imine (C=N–C) groups is 1. The van der Waals surface area contributed by atoms with Gasteiger partial charge in [-0.05, 0) is 88.6 Å². The van der Waals surface area contributed by atoms with Gasteiger partial charge in [0.25, 0.3) is 0 Å². The number of fused-ring (bicyclic) bond motifs is 3. The lowest BCUT2D eigenvalue weighted by Gasteiger charge is -2.33. The minimum Gasteiger partial charge on any atom is -0.363 e. The Hall–Kier alpha value is -5.35. The monoisotopic (exact) mass is 596 g/mol. The van der Waals surface area contributed by atoms with Crippen LogP contribution in [0.5, 0.6) is 0 Å². The highest BCUT2D eigenvalue weighted by molar-refractivity contribution is 6.09. The second kappa shape index (κ2) is 11.9. The molecule has 0 bridgehead atoms. The van der Waals surface area contributed by atoms with Crippen molar-refractivity contribution in [1.29, 1.82) is 0 Å². The van der Waals surface area contributed by atoms with E-state index in [0.29, 0.717) is 0 Å². The molecule has 224 valence electrons. The maximum Gasteiger partial charge on any atom is 0.155 e. The quantitative estimate of drug-likeness (QED) is 0.202. The minimum absolute atomic E-state index is 0.0140. The Bertz CT molecular complexity index is 2140. The van der Waals surface area contributed by atoms with Gasteiger partial charge in [0, 0.05) is 17.3 Å². The highest BCUT2D eigenvalue weighted by atomic mass is 15.1. The standard InChI is InChI=1S/C42H36N4/c1-27-21-28(2)44-41(43-27)33-22-32(38-25-31-17-9-10-18-35(31)36-19-11-12-20-37(36)38)23-34(24-33)42-45-39(29-13-5-3-6-14-29)26-40(46-42)30-15-7-4-8-16-30/h3-21,24-26,32,34,39H,22-23H2,1-2H3,(H,45,46). The van der Waals surface area contributed by atoms with Gasteiger partial charge in [0.15, 0.2) is 5.82 Å². The fourth-order valence-electron chi connectivity index (χ4n) is 7.28. The summed E-state index contributed by atoms with van der Waals surface area (Å²) in [7, 11) is 0. The Morgan fingerprint density at radius 3 is 2.07 bits per heavy atom. The van der Waals surface area contributed by atoms with Crippen LogP contribution in [0.1, 0.15) is 58.7 Å². The number of nitrogens with one attached hydrogen (secondary N) is 1. The number of aromatic nitrogens is 2. The molecule has 2 aliphatic rings. The van der Waals surface area contributed by atoms with E-state index in [1.807, 2.05) is 6.07 Å². The molecule has 4 heteroatoms. The lowest BCUT2D eigenvalue weighted by molar-refractivity contribution is 0.559. The Balaban J connectivity index is 1.28. The summed E-state index contributed by atoms with van der Waals surface area (Å²) in [6.45, 7) is 4.11. The van der Waals surface area contributed by atoms with Crippen LogP contribution in [0.2, 0.25) is 0 Å². The summed E-state index contributed by atoms with van der Waals surface area (Å²) in [4.78, 5) is 15.2. The predicted octanol–water partition coefficient (Wildman–Crippen LogP) is 9.76. The van der Waals surface area contributed by atoms with E-state index in [1.54, 1.807) is 0 Å². The van der Waals surface area contributed by atoms with Crippen molar-refractivity contribution in [3.63, 3.8) is 0 Å². The largest absolute Gasteiger partial charge is 0.363 e. The van der Waals surface area contributed by atoms with Crippen LogP contribution in [0.15, 0.2) is 138 Å². The molecule has 0 saturated heterocycles. The Kier molecular flexibility index (Phi) is 7.26. The molecule has 5 aromatic carbocycles. The molecule has 6 aromatic rings. The van der Waals surface area contributed by atoms with E-state index in [0.717, 1.165) is 47.2 Å². The van der Waals surface area contributed by atoms with Gasteiger partial charge >= 0.3 is 0 Å². The lowest BCUT2D eigenvalue weighted by Crippen LogP contribution is -2.37. The molecule has 0 radical (unpaired) electrons. The van der Waals surface area contributed by atoms with Crippen LogP contribution in [-0.4, -0.2) is 15.8 Å². The highest BCUT2D eigenvalue weighted by Gasteiger charge is 2.32. The maximum absolute atomic E-state index is 5.34. The summed E-state index contributed by atoms with van der Waals surface area (Å²) >= 11 is 0. The van der Waals surface area contributed by atoms with Crippen LogP contribution in [0, 0.1) is 19.8 Å². The number of hydrogen-bond acceptors (Lipinski definition) is 4. The molecular formula is C42H36N4. The van der Waals surface area contributed by atoms with Crippen LogP contribution >= 0.6 is 0 Å². The zero-order valence-electron chi connectivity index (χ0n) is 26.2. The van der Waals surface area contributed by atoms with Crippen LogP contribution < -0.4 is 5.32 Å². The molecule has 0 fully saturated rings. The van der Waals surface area contributed by atoms with Crippen LogP contribution in [-0.2, 0) is 0 Å². The van der Waals surface area contributed by atoms with E-state index in [2.05, 4.69) is 147 Å². The van der Waals surface area contributed by atoms with Gasteiger partial charge in [-0.2, -0.15) is 0 Å². The predicted molar refractivity (Wildman–Crippen MR) is 191 cm³/mol. The van der Waals surface area contributed by atoms with Gasteiger partial charge in [-0.15, -0.1) is 0 Å². The zero-order valence-corrected chi connectivity index (χ0v) is 26.2. The summed E-state index contributed by atoms with van der Waals surface area (Å²) in [5, 5.41) is 9.05. The number of rotatable bonds is 5. The van der Waals surface area contributed by atoms with Crippen LogP contribution in [0.25, 0.3) is 32.8 Å². The molecular weight excluding hydrogens is 560 g/mol. The van der Waals surface area contributed by atoms with E-state index >= 15 is 0 Å². The van der Waals surface area contributed by atoms with Gasteiger partial charge in [0.2, 0.25) is 0 Å². The minimum atomic E-state index is 0.0140. The lowest BCUT2D eigenvalue weighted by atomic mass is 9.75. The molecule has 2 heterocycles. The van der Waals surface area contributed by atoms with Gasteiger partial charge in [0.05, 0.1) is 11.7 Å². The van der Waals surface area contributed by atoms with E-state index in [-0.39, 0.29) is 17.9 Å². The third-order valence-corrected chi connectivity index (χ3v) is 9.36. The Morgan fingerprint density at radius 1 is 0.652 bits per heavy atom. The molecule has 1 aliphatic carbocycles. The fourth-order valence-corrected chi connectivity index (χ4v) is 7.28.